The van der Waals surface area contributed by atoms with E-state index < -0.39 is 8.32 Å². The van der Waals surface area contributed by atoms with Crippen LogP contribution in [0.15, 0.2) is 0 Å². The number of halogens is 1. The zero-order chi connectivity index (χ0) is 13.3. The van der Waals surface area contributed by atoms with Crippen molar-refractivity contribution in [1.29, 1.82) is 0 Å². The van der Waals surface area contributed by atoms with Crippen LogP contribution in [-0.2, 0) is 4.43 Å². The zero-order valence-electron chi connectivity index (χ0n) is 11.5. The summed E-state index contributed by atoms with van der Waals surface area (Å²) in [6.07, 6.45) is 2.11. The summed E-state index contributed by atoms with van der Waals surface area (Å²) in [5, 5.41) is -0.0947. The Morgan fingerprint density at radius 1 is 1.29 bits per heavy atom. The summed E-state index contributed by atoms with van der Waals surface area (Å²) in [5.74, 6) is 0. The standard InChI is InChI=1S/C12H24ClNO2Si/c1-12(2,3)17(4,5)16-10-6-8-14(9-7-10)11(13)15/h10H,6-9H2,1-5H3. The summed E-state index contributed by atoms with van der Waals surface area (Å²) in [5.41, 5.74) is 0. The number of rotatable bonds is 2. The minimum absolute atomic E-state index is 0.242. The van der Waals surface area contributed by atoms with E-state index in [0.717, 1.165) is 25.9 Å². The lowest BCUT2D eigenvalue weighted by atomic mass is 10.1. The number of likely N-dealkylation sites (tertiary alicyclic amines) is 1. The topological polar surface area (TPSA) is 29.5 Å². The highest BCUT2D eigenvalue weighted by molar-refractivity contribution is 6.74. The third kappa shape index (κ3) is 3.97. The Morgan fingerprint density at radius 2 is 1.76 bits per heavy atom. The van der Waals surface area contributed by atoms with Crippen LogP contribution >= 0.6 is 11.6 Å². The second-order valence-corrected chi connectivity index (χ2v) is 11.4. The van der Waals surface area contributed by atoms with E-state index in [1.165, 1.54) is 0 Å². The number of hydrogen-bond acceptors (Lipinski definition) is 2. The summed E-state index contributed by atoms with van der Waals surface area (Å²) in [4.78, 5) is 12.7. The van der Waals surface area contributed by atoms with E-state index in [9.17, 15) is 4.79 Å². The Bertz CT molecular complexity index is 281. The monoisotopic (exact) mass is 277 g/mol. The summed E-state index contributed by atoms with van der Waals surface area (Å²) < 4.78 is 6.33. The third-order valence-corrected chi connectivity index (χ3v) is 8.73. The summed E-state index contributed by atoms with van der Waals surface area (Å²) in [6.45, 7) is 12.7. The van der Waals surface area contributed by atoms with E-state index in [0.29, 0.717) is 6.10 Å². The molecule has 0 saturated carbocycles. The minimum atomic E-state index is -1.68. The van der Waals surface area contributed by atoms with E-state index in [-0.39, 0.29) is 10.4 Å². The van der Waals surface area contributed by atoms with Gasteiger partial charge in [-0.3, -0.25) is 4.79 Å². The van der Waals surface area contributed by atoms with Crippen LogP contribution in [0.2, 0.25) is 18.1 Å². The zero-order valence-corrected chi connectivity index (χ0v) is 13.3. The van der Waals surface area contributed by atoms with Crippen molar-refractivity contribution in [3.8, 4) is 0 Å². The molecule has 100 valence electrons. The first-order valence-electron chi connectivity index (χ1n) is 6.26. The van der Waals surface area contributed by atoms with Crippen LogP contribution in [0.1, 0.15) is 33.6 Å². The van der Waals surface area contributed by atoms with Crippen molar-refractivity contribution in [1.82, 2.24) is 4.90 Å². The Kier molecular flexibility index (Phi) is 4.66. The first kappa shape index (κ1) is 15.0. The third-order valence-electron chi connectivity index (χ3n) is 3.96. The minimum Gasteiger partial charge on any atom is -0.414 e. The van der Waals surface area contributed by atoms with Gasteiger partial charge in [-0.2, -0.15) is 0 Å². The lowest BCUT2D eigenvalue weighted by molar-refractivity contribution is 0.107. The summed E-state index contributed by atoms with van der Waals surface area (Å²) >= 11 is 5.46. The smallest absolute Gasteiger partial charge is 0.316 e. The normalized spacial score (nSPS) is 19.5. The van der Waals surface area contributed by atoms with Gasteiger partial charge in [-0.05, 0) is 42.6 Å². The van der Waals surface area contributed by atoms with Crippen LogP contribution in [0.5, 0.6) is 0 Å². The molecule has 0 unspecified atom stereocenters. The van der Waals surface area contributed by atoms with E-state index in [4.69, 9.17) is 16.0 Å². The van der Waals surface area contributed by atoms with Crippen molar-refractivity contribution in [3.63, 3.8) is 0 Å². The molecule has 0 bridgehead atoms. The van der Waals surface area contributed by atoms with Crippen molar-refractivity contribution < 1.29 is 9.22 Å². The van der Waals surface area contributed by atoms with Crippen molar-refractivity contribution in [2.45, 2.75) is 57.8 Å². The van der Waals surface area contributed by atoms with Gasteiger partial charge in [0.25, 0.3) is 0 Å². The van der Waals surface area contributed by atoms with Gasteiger partial charge in [0.2, 0.25) is 0 Å². The molecule has 1 aliphatic rings. The predicted octanol–water partition coefficient (Wildman–Crippen LogP) is 3.83. The number of hydrogen-bond donors (Lipinski definition) is 0. The number of amides is 1. The molecule has 17 heavy (non-hydrogen) atoms. The maximum Gasteiger partial charge on any atom is 0.316 e. The van der Waals surface area contributed by atoms with Gasteiger partial charge in [0.15, 0.2) is 8.32 Å². The molecule has 1 aliphatic heterocycles. The SMILES string of the molecule is CC(C)(C)[Si](C)(C)OC1CCN(C(=O)Cl)CC1. The molecule has 0 spiro atoms. The second kappa shape index (κ2) is 5.29. The van der Waals surface area contributed by atoms with Crippen molar-refractivity contribution in [2.75, 3.05) is 13.1 Å². The Morgan fingerprint density at radius 3 is 2.12 bits per heavy atom. The molecule has 0 N–H and O–H groups in total. The highest BCUT2D eigenvalue weighted by Crippen LogP contribution is 2.38. The van der Waals surface area contributed by atoms with Crippen LogP contribution in [0.25, 0.3) is 0 Å². The molecule has 0 aliphatic carbocycles. The van der Waals surface area contributed by atoms with E-state index in [2.05, 4.69) is 33.9 Å². The first-order chi connectivity index (χ1) is 7.63. The molecule has 1 fully saturated rings. The average Bonchev–Trinajstić information content (AvgIpc) is 2.16. The molecule has 0 atom stereocenters. The van der Waals surface area contributed by atoms with Gasteiger partial charge >= 0.3 is 5.37 Å². The molecular formula is C12H24ClNO2Si. The molecule has 0 aromatic rings. The molecule has 3 nitrogen and oxygen atoms in total. The van der Waals surface area contributed by atoms with E-state index >= 15 is 0 Å². The van der Waals surface area contributed by atoms with Gasteiger partial charge in [0.05, 0.1) is 0 Å². The van der Waals surface area contributed by atoms with Crippen LogP contribution in [0, 0.1) is 0 Å². The number of nitrogens with zero attached hydrogens (tertiary/aromatic N) is 1. The van der Waals surface area contributed by atoms with Crippen LogP contribution < -0.4 is 0 Å². The van der Waals surface area contributed by atoms with Crippen LogP contribution in [-0.4, -0.2) is 37.8 Å². The Balaban J connectivity index is 2.48. The van der Waals surface area contributed by atoms with Gasteiger partial charge < -0.3 is 9.33 Å². The fraction of sp³-hybridized carbons (Fsp3) is 0.917. The molecule has 5 heteroatoms. The quantitative estimate of drug-likeness (QED) is 0.436. The van der Waals surface area contributed by atoms with Crippen molar-refractivity contribution in [2.24, 2.45) is 0 Å². The molecule has 0 aromatic heterocycles. The lowest BCUT2D eigenvalue weighted by Crippen LogP contribution is -2.47. The van der Waals surface area contributed by atoms with E-state index in [1.54, 1.807) is 4.90 Å². The molecule has 1 saturated heterocycles. The highest BCUT2D eigenvalue weighted by atomic mass is 35.5. The maximum absolute atomic E-state index is 11.0. The molecule has 1 rings (SSSR count). The van der Waals surface area contributed by atoms with E-state index in [1.807, 2.05) is 0 Å². The van der Waals surface area contributed by atoms with Gasteiger partial charge in [-0.15, -0.1) is 0 Å². The molecule has 0 radical (unpaired) electrons. The second-order valence-electron chi connectivity index (χ2n) is 6.32. The first-order valence-corrected chi connectivity index (χ1v) is 9.54. The Labute approximate surface area is 111 Å². The van der Waals surface area contributed by atoms with Gasteiger partial charge in [-0.25, -0.2) is 0 Å². The van der Waals surface area contributed by atoms with Gasteiger partial charge in [0.1, 0.15) is 0 Å². The Hall–Kier alpha value is -0.0631. The molecule has 0 aromatic carbocycles. The van der Waals surface area contributed by atoms with Crippen LogP contribution in [0.4, 0.5) is 4.79 Å². The highest BCUT2D eigenvalue weighted by Gasteiger charge is 2.39. The molecule has 1 amide bonds. The summed E-state index contributed by atoms with van der Waals surface area (Å²) in [6, 6.07) is 0. The van der Waals surface area contributed by atoms with Gasteiger partial charge in [0, 0.05) is 19.2 Å². The number of carbonyl (C=O) groups is 1. The largest absolute Gasteiger partial charge is 0.414 e. The van der Waals surface area contributed by atoms with Crippen molar-refractivity contribution >= 4 is 25.3 Å². The maximum atomic E-state index is 11.0. The summed E-state index contributed by atoms with van der Waals surface area (Å²) in [7, 11) is -1.68. The molecular weight excluding hydrogens is 254 g/mol. The van der Waals surface area contributed by atoms with Gasteiger partial charge in [-0.1, -0.05) is 20.8 Å². The number of piperidine rings is 1. The molecule has 1 heterocycles. The average molecular weight is 278 g/mol. The number of carbonyl (C=O) groups excluding carboxylic acids is 1. The lowest BCUT2D eigenvalue weighted by Gasteiger charge is -2.41. The fourth-order valence-corrected chi connectivity index (χ4v) is 3.33. The van der Waals surface area contributed by atoms with Crippen LogP contribution in [0.3, 0.4) is 0 Å². The predicted molar refractivity (Wildman–Crippen MR) is 74.1 cm³/mol. The fourth-order valence-electron chi connectivity index (χ4n) is 1.74. The van der Waals surface area contributed by atoms with Crippen molar-refractivity contribution in [3.05, 3.63) is 0 Å².